The molecule has 1 aliphatic rings. The number of nitrogens with two attached hydrogens (primary N) is 1. The summed E-state index contributed by atoms with van der Waals surface area (Å²) in [6.07, 6.45) is 3.45. The Bertz CT molecular complexity index is 1230. The minimum Gasteiger partial charge on any atom is -0.325 e. The molecule has 2 heterocycles. The van der Waals surface area contributed by atoms with Gasteiger partial charge in [-0.25, -0.2) is 13.6 Å². The molecule has 0 saturated carbocycles. The van der Waals surface area contributed by atoms with Crippen LogP contribution < -0.4 is 15.8 Å². The molecule has 0 atom stereocenters. The van der Waals surface area contributed by atoms with Crippen LogP contribution >= 0.6 is 11.6 Å². The summed E-state index contributed by atoms with van der Waals surface area (Å²) >= 11 is 6.46. The topological polar surface area (TPSA) is 119 Å². The standard InChI is InChI=1S/C20H20ClN5O3S/c1-12(27)25-18-4-2-3-17(20(18)21)13-5-6-16(19(7-13)30(22,28)29)14-8-24-26(11-14)15-9-23-10-15/h2-8,11,15,23H,9-10H2,1H3,(H,25,27)(H2,22,28,29). The van der Waals surface area contributed by atoms with E-state index >= 15 is 0 Å². The molecule has 0 bridgehead atoms. The minimum absolute atomic E-state index is 0.0210. The predicted octanol–water partition coefficient (Wildman–Crippen LogP) is 2.62. The summed E-state index contributed by atoms with van der Waals surface area (Å²) in [5.41, 5.74) is 2.72. The molecule has 1 fully saturated rings. The van der Waals surface area contributed by atoms with Crippen LogP contribution in [0.15, 0.2) is 53.7 Å². The molecule has 1 aromatic heterocycles. The van der Waals surface area contributed by atoms with Crippen LogP contribution in [0.4, 0.5) is 5.69 Å². The van der Waals surface area contributed by atoms with E-state index in [2.05, 4.69) is 15.7 Å². The molecule has 2 aromatic carbocycles. The van der Waals surface area contributed by atoms with Gasteiger partial charge in [-0.3, -0.25) is 9.48 Å². The third-order valence-electron chi connectivity index (χ3n) is 4.96. The number of sulfonamides is 1. The Balaban J connectivity index is 1.80. The molecule has 30 heavy (non-hydrogen) atoms. The Kier molecular flexibility index (Phi) is 5.37. The number of anilines is 1. The van der Waals surface area contributed by atoms with Gasteiger partial charge in [0.2, 0.25) is 15.9 Å². The Labute approximate surface area is 179 Å². The summed E-state index contributed by atoms with van der Waals surface area (Å²) in [5.74, 6) is -0.256. The van der Waals surface area contributed by atoms with Crippen LogP contribution in [0.5, 0.6) is 0 Å². The lowest BCUT2D eigenvalue weighted by molar-refractivity contribution is -0.114. The molecule has 0 unspecified atom stereocenters. The van der Waals surface area contributed by atoms with Crippen molar-refractivity contribution in [1.82, 2.24) is 15.1 Å². The normalized spacial score (nSPS) is 14.4. The summed E-state index contributed by atoms with van der Waals surface area (Å²) in [7, 11) is -4.02. The molecule has 4 N–H and O–H groups in total. The summed E-state index contributed by atoms with van der Waals surface area (Å²) in [6.45, 7) is 3.03. The van der Waals surface area contributed by atoms with Gasteiger partial charge >= 0.3 is 0 Å². The number of nitrogens with zero attached hydrogens (tertiary/aromatic N) is 2. The van der Waals surface area contributed by atoms with Gasteiger partial charge in [0, 0.05) is 42.9 Å². The number of rotatable bonds is 5. The first kappa shape index (κ1) is 20.5. The second-order valence-electron chi connectivity index (χ2n) is 7.13. The predicted molar refractivity (Wildman–Crippen MR) is 116 cm³/mol. The van der Waals surface area contributed by atoms with Crippen molar-refractivity contribution in [2.45, 2.75) is 17.9 Å². The number of hydrogen-bond acceptors (Lipinski definition) is 5. The number of benzene rings is 2. The fourth-order valence-electron chi connectivity index (χ4n) is 3.34. The van der Waals surface area contributed by atoms with Crippen molar-refractivity contribution in [2.75, 3.05) is 18.4 Å². The third-order valence-corrected chi connectivity index (χ3v) is 6.31. The Hall–Kier alpha value is -2.72. The number of primary sulfonamides is 1. The van der Waals surface area contributed by atoms with Crippen LogP contribution in [-0.2, 0) is 14.8 Å². The van der Waals surface area contributed by atoms with Gasteiger partial charge in [-0.15, -0.1) is 0 Å². The fourth-order valence-corrected chi connectivity index (χ4v) is 4.41. The lowest BCUT2D eigenvalue weighted by Gasteiger charge is -2.27. The number of aromatic nitrogens is 2. The van der Waals surface area contributed by atoms with Gasteiger partial charge in [0.25, 0.3) is 0 Å². The van der Waals surface area contributed by atoms with Gasteiger partial charge in [-0.1, -0.05) is 35.9 Å². The van der Waals surface area contributed by atoms with Gasteiger partial charge in [0.05, 0.1) is 27.8 Å². The van der Waals surface area contributed by atoms with E-state index in [0.29, 0.717) is 33.0 Å². The summed E-state index contributed by atoms with van der Waals surface area (Å²) < 4.78 is 26.6. The number of carbonyl (C=O) groups excluding carboxylic acids is 1. The first-order chi connectivity index (χ1) is 14.2. The molecule has 8 nitrogen and oxygen atoms in total. The number of amides is 1. The largest absolute Gasteiger partial charge is 0.325 e. The van der Waals surface area contributed by atoms with Crippen LogP contribution in [0.3, 0.4) is 0 Å². The quantitative estimate of drug-likeness (QED) is 0.557. The van der Waals surface area contributed by atoms with Gasteiger partial charge < -0.3 is 10.6 Å². The zero-order valence-corrected chi connectivity index (χ0v) is 17.7. The van der Waals surface area contributed by atoms with Crippen LogP contribution in [0.25, 0.3) is 22.3 Å². The second kappa shape index (κ2) is 7.84. The molecule has 0 spiro atoms. The molecule has 1 aliphatic heterocycles. The van der Waals surface area contributed by atoms with Crippen molar-refractivity contribution >= 4 is 33.2 Å². The third kappa shape index (κ3) is 3.97. The van der Waals surface area contributed by atoms with Gasteiger partial charge in [-0.2, -0.15) is 5.10 Å². The second-order valence-corrected chi connectivity index (χ2v) is 9.03. The van der Waals surface area contributed by atoms with Crippen LogP contribution in [-0.4, -0.2) is 37.2 Å². The zero-order chi connectivity index (χ0) is 21.5. The lowest BCUT2D eigenvalue weighted by Crippen LogP contribution is -2.43. The van der Waals surface area contributed by atoms with E-state index < -0.39 is 10.0 Å². The van der Waals surface area contributed by atoms with E-state index in [1.54, 1.807) is 36.5 Å². The van der Waals surface area contributed by atoms with Crippen molar-refractivity contribution in [3.63, 3.8) is 0 Å². The van der Waals surface area contributed by atoms with E-state index in [1.807, 2.05) is 10.9 Å². The SMILES string of the molecule is CC(=O)Nc1cccc(-c2ccc(-c3cnn(C4CNC4)c3)c(S(N)(=O)=O)c2)c1Cl. The van der Waals surface area contributed by atoms with Crippen LogP contribution in [0.2, 0.25) is 5.02 Å². The van der Waals surface area contributed by atoms with Crippen LogP contribution in [0, 0.1) is 0 Å². The maximum atomic E-state index is 12.4. The molecular formula is C20H20ClN5O3S. The highest BCUT2D eigenvalue weighted by Gasteiger charge is 2.22. The van der Waals surface area contributed by atoms with Gasteiger partial charge in [-0.05, 0) is 17.7 Å². The zero-order valence-electron chi connectivity index (χ0n) is 16.1. The number of nitrogens with one attached hydrogen (secondary N) is 2. The summed E-state index contributed by atoms with van der Waals surface area (Å²) in [6, 6.07) is 10.4. The number of halogens is 1. The first-order valence-electron chi connectivity index (χ1n) is 9.22. The monoisotopic (exact) mass is 445 g/mol. The molecule has 0 radical (unpaired) electrons. The highest BCUT2D eigenvalue weighted by Crippen LogP contribution is 2.37. The average molecular weight is 446 g/mol. The highest BCUT2D eigenvalue weighted by atomic mass is 35.5. The van der Waals surface area contributed by atoms with Gasteiger partial charge in [0.15, 0.2) is 0 Å². The molecule has 10 heteroatoms. The number of hydrogen-bond donors (Lipinski definition) is 3. The molecule has 156 valence electrons. The van der Waals surface area contributed by atoms with Gasteiger partial charge in [0.1, 0.15) is 0 Å². The molecule has 1 amide bonds. The Morgan fingerprint density at radius 3 is 2.63 bits per heavy atom. The Morgan fingerprint density at radius 1 is 1.23 bits per heavy atom. The molecule has 0 aliphatic carbocycles. The molecule has 3 aromatic rings. The lowest BCUT2D eigenvalue weighted by atomic mass is 10.0. The Morgan fingerprint density at radius 2 is 2.00 bits per heavy atom. The minimum atomic E-state index is -4.02. The molecular weight excluding hydrogens is 426 g/mol. The van der Waals surface area contributed by atoms with Crippen molar-refractivity contribution in [3.05, 3.63) is 53.8 Å². The smallest absolute Gasteiger partial charge is 0.238 e. The first-order valence-corrected chi connectivity index (χ1v) is 11.1. The van der Waals surface area contributed by atoms with Crippen molar-refractivity contribution < 1.29 is 13.2 Å². The molecule has 1 saturated heterocycles. The van der Waals surface area contributed by atoms with Crippen LogP contribution in [0.1, 0.15) is 13.0 Å². The van der Waals surface area contributed by atoms with E-state index in [-0.39, 0.29) is 16.8 Å². The fraction of sp³-hybridized carbons (Fsp3) is 0.200. The number of carbonyl (C=O) groups is 1. The van der Waals surface area contributed by atoms with Crippen molar-refractivity contribution in [2.24, 2.45) is 5.14 Å². The maximum Gasteiger partial charge on any atom is 0.238 e. The van der Waals surface area contributed by atoms with E-state index in [4.69, 9.17) is 16.7 Å². The van der Waals surface area contributed by atoms with Crippen molar-refractivity contribution in [3.8, 4) is 22.3 Å². The average Bonchev–Trinajstić information content (AvgIpc) is 3.10. The van der Waals surface area contributed by atoms with E-state index in [0.717, 1.165) is 13.1 Å². The van der Waals surface area contributed by atoms with Crippen molar-refractivity contribution in [1.29, 1.82) is 0 Å². The maximum absolute atomic E-state index is 12.4. The summed E-state index contributed by atoms with van der Waals surface area (Å²) in [5, 5.41) is 16.0. The highest BCUT2D eigenvalue weighted by molar-refractivity contribution is 7.89. The van der Waals surface area contributed by atoms with E-state index in [1.165, 1.54) is 13.0 Å². The molecule has 4 rings (SSSR count). The summed E-state index contributed by atoms with van der Waals surface area (Å²) in [4.78, 5) is 11.4. The van der Waals surface area contributed by atoms with E-state index in [9.17, 15) is 13.2 Å².